The standard InChI is InChI=1S/C42H24O2/c1-3-14-31-29(12-1)40(25-20-22-38-35(24-25)27-11-6-8-19-37(27)43-38)30-13-2-4-15-32(30)41(31)34-21-23-39-42-28(16-9-17-33(34)42)26-10-5-7-18-36(26)44-39/h1-24H. The molecule has 2 heteroatoms. The van der Waals surface area contributed by atoms with Crippen LogP contribution in [0.4, 0.5) is 0 Å². The minimum Gasteiger partial charge on any atom is -0.456 e. The summed E-state index contributed by atoms with van der Waals surface area (Å²) in [7, 11) is 0. The minimum atomic E-state index is 0.905. The van der Waals surface area contributed by atoms with E-state index in [1.807, 2.05) is 18.2 Å². The van der Waals surface area contributed by atoms with E-state index in [1.165, 1.54) is 60.1 Å². The van der Waals surface area contributed by atoms with Crippen LogP contribution in [0.2, 0.25) is 0 Å². The van der Waals surface area contributed by atoms with Crippen molar-refractivity contribution in [1.29, 1.82) is 0 Å². The molecule has 0 bridgehead atoms. The number of ether oxygens (including phenoxy) is 1. The Bertz CT molecular complexity index is 2580. The second-order valence-electron chi connectivity index (χ2n) is 11.6. The van der Waals surface area contributed by atoms with E-state index < -0.39 is 0 Å². The van der Waals surface area contributed by atoms with E-state index in [0.29, 0.717) is 0 Å². The quantitative estimate of drug-likeness (QED) is 0.196. The lowest BCUT2D eigenvalue weighted by Gasteiger charge is -2.24. The largest absolute Gasteiger partial charge is 0.456 e. The van der Waals surface area contributed by atoms with Crippen LogP contribution in [0.3, 0.4) is 0 Å². The van der Waals surface area contributed by atoms with Gasteiger partial charge in [-0.05, 0) is 91.1 Å². The number of hydrogen-bond acceptors (Lipinski definition) is 2. The second kappa shape index (κ2) is 8.82. The van der Waals surface area contributed by atoms with E-state index >= 15 is 0 Å². The summed E-state index contributed by atoms with van der Waals surface area (Å²) in [6, 6.07) is 51.9. The van der Waals surface area contributed by atoms with Crippen molar-refractivity contribution in [2.75, 3.05) is 0 Å². The Morgan fingerprint density at radius 2 is 0.955 bits per heavy atom. The Labute approximate surface area is 253 Å². The van der Waals surface area contributed by atoms with Crippen LogP contribution >= 0.6 is 0 Å². The third kappa shape index (κ3) is 3.20. The molecule has 0 atom stereocenters. The van der Waals surface area contributed by atoms with Crippen LogP contribution in [0, 0.1) is 0 Å². The van der Waals surface area contributed by atoms with Gasteiger partial charge in [0.05, 0.1) is 0 Å². The van der Waals surface area contributed by atoms with Gasteiger partial charge in [0, 0.05) is 21.7 Å². The number of benzene rings is 8. The molecule has 2 heterocycles. The van der Waals surface area contributed by atoms with Crippen molar-refractivity contribution in [2.45, 2.75) is 0 Å². The first-order valence-corrected chi connectivity index (χ1v) is 15.0. The summed E-state index contributed by atoms with van der Waals surface area (Å²) >= 11 is 0. The van der Waals surface area contributed by atoms with Gasteiger partial charge >= 0.3 is 0 Å². The predicted molar refractivity (Wildman–Crippen MR) is 183 cm³/mol. The van der Waals surface area contributed by atoms with Crippen LogP contribution in [0.25, 0.3) is 87.6 Å². The molecule has 0 saturated carbocycles. The van der Waals surface area contributed by atoms with Gasteiger partial charge in [-0.15, -0.1) is 0 Å². The molecule has 0 amide bonds. The van der Waals surface area contributed by atoms with Crippen molar-refractivity contribution in [2.24, 2.45) is 0 Å². The van der Waals surface area contributed by atoms with Gasteiger partial charge in [0.1, 0.15) is 22.7 Å². The van der Waals surface area contributed by atoms with E-state index in [9.17, 15) is 0 Å². The summed E-state index contributed by atoms with van der Waals surface area (Å²) in [4.78, 5) is 0. The van der Waals surface area contributed by atoms with Gasteiger partial charge in [-0.25, -0.2) is 0 Å². The summed E-state index contributed by atoms with van der Waals surface area (Å²) < 4.78 is 12.6. The average molecular weight is 561 g/mol. The lowest BCUT2D eigenvalue weighted by atomic mass is 9.83. The highest BCUT2D eigenvalue weighted by Gasteiger charge is 2.24. The third-order valence-electron chi connectivity index (χ3n) is 9.27. The fourth-order valence-electron chi connectivity index (χ4n) is 7.41. The van der Waals surface area contributed by atoms with Crippen molar-refractivity contribution in [3.8, 4) is 44.9 Å². The van der Waals surface area contributed by atoms with Gasteiger partial charge in [-0.3, -0.25) is 0 Å². The van der Waals surface area contributed by atoms with Crippen molar-refractivity contribution in [3.05, 3.63) is 146 Å². The Kier molecular flexibility index (Phi) is 4.75. The maximum Gasteiger partial charge on any atom is 0.135 e. The molecule has 2 nitrogen and oxygen atoms in total. The van der Waals surface area contributed by atoms with Crippen molar-refractivity contribution in [1.82, 2.24) is 0 Å². The maximum atomic E-state index is 6.44. The highest BCUT2D eigenvalue weighted by atomic mass is 16.5. The molecule has 44 heavy (non-hydrogen) atoms. The first-order valence-electron chi connectivity index (χ1n) is 15.0. The molecule has 10 rings (SSSR count). The second-order valence-corrected chi connectivity index (χ2v) is 11.6. The zero-order valence-corrected chi connectivity index (χ0v) is 23.7. The van der Waals surface area contributed by atoms with E-state index in [0.717, 1.165) is 39.0 Å². The summed E-state index contributed by atoms with van der Waals surface area (Å²) in [6.07, 6.45) is 0. The highest BCUT2D eigenvalue weighted by molar-refractivity contribution is 6.25. The molecule has 1 aromatic heterocycles. The number of para-hydroxylation sites is 2. The molecule has 0 N–H and O–H groups in total. The van der Waals surface area contributed by atoms with E-state index in [-0.39, 0.29) is 0 Å². The van der Waals surface area contributed by atoms with E-state index in [1.54, 1.807) is 0 Å². The first kappa shape index (κ1) is 23.7. The summed E-state index contributed by atoms with van der Waals surface area (Å²) in [5, 5.41) is 9.57. The zero-order valence-electron chi connectivity index (χ0n) is 23.7. The number of furan rings is 1. The maximum absolute atomic E-state index is 6.44. The molecule has 1 aliphatic rings. The fourth-order valence-corrected chi connectivity index (χ4v) is 7.41. The lowest BCUT2D eigenvalue weighted by Crippen LogP contribution is -1.98. The molecule has 0 unspecified atom stereocenters. The molecule has 0 radical (unpaired) electrons. The van der Waals surface area contributed by atoms with Gasteiger partial charge in [0.15, 0.2) is 0 Å². The van der Waals surface area contributed by atoms with Crippen LogP contribution in [0.15, 0.2) is 150 Å². The van der Waals surface area contributed by atoms with Gasteiger partial charge in [-0.1, -0.05) is 109 Å². The minimum absolute atomic E-state index is 0.905. The predicted octanol–water partition coefficient (Wildman–Crippen LogP) is 12.2. The van der Waals surface area contributed by atoms with Crippen LogP contribution in [0.1, 0.15) is 0 Å². The van der Waals surface area contributed by atoms with Crippen LogP contribution in [-0.2, 0) is 0 Å². The summed E-state index contributed by atoms with van der Waals surface area (Å²) in [5.74, 6) is 1.81. The lowest BCUT2D eigenvalue weighted by molar-refractivity contribution is 0.487. The topological polar surface area (TPSA) is 22.4 Å². The Hall–Kier alpha value is -5.86. The van der Waals surface area contributed by atoms with Crippen LogP contribution in [-0.4, -0.2) is 0 Å². The number of hydrogen-bond donors (Lipinski definition) is 0. The average Bonchev–Trinajstić information content (AvgIpc) is 3.46. The molecule has 204 valence electrons. The molecule has 1 aliphatic heterocycles. The number of fused-ring (bicyclic) bond motifs is 7. The molecular weight excluding hydrogens is 536 g/mol. The molecule has 8 aromatic carbocycles. The Balaban J connectivity index is 1.31. The fraction of sp³-hybridized carbons (Fsp3) is 0. The Morgan fingerprint density at radius 1 is 0.341 bits per heavy atom. The smallest absolute Gasteiger partial charge is 0.135 e. The zero-order chi connectivity index (χ0) is 28.8. The van der Waals surface area contributed by atoms with Gasteiger partial charge in [0.25, 0.3) is 0 Å². The highest BCUT2D eigenvalue weighted by Crippen LogP contribution is 2.51. The molecule has 0 aliphatic carbocycles. The third-order valence-corrected chi connectivity index (χ3v) is 9.27. The van der Waals surface area contributed by atoms with Crippen molar-refractivity contribution < 1.29 is 9.15 Å². The van der Waals surface area contributed by atoms with Gasteiger partial charge < -0.3 is 9.15 Å². The molecular formula is C42H24O2. The first-order chi connectivity index (χ1) is 21.8. The Morgan fingerprint density at radius 3 is 1.75 bits per heavy atom. The van der Waals surface area contributed by atoms with Crippen molar-refractivity contribution >= 4 is 54.3 Å². The van der Waals surface area contributed by atoms with Crippen LogP contribution < -0.4 is 4.74 Å². The molecule has 0 spiro atoms. The molecule has 0 saturated heterocycles. The molecule has 0 fully saturated rings. The summed E-state index contributed by atoms with van der Waals surface area (Å²) in [6.45, 7) is 0. The van der Waals surface area contributed by atoms with E-state index in [2.05, 4.69) is 127 Å². The SMILES string of the molecule is c1ccc2c(c1)Oc1ccc(-c3c4ccccc4c(-c4ccc5oc6ccccc6c5c4)c4ccccc34)c3cccc-2c13. The van der Waals surface area contributed by atoms with Crippen LogP contribution in [0.5, 0.6) is 11.5 Å². The van der Waals surface area contributed by atoms with Crippen molar-refractivity contribution in [3.63, 3.8) is 0 Å². The normalized spacial score (nSPS) is 12.3. The summed E-state index contributed by atoms with van der Waals surface area (Å²) in [5.41, 5.74) is 9.06. The monoisotopic (exact) mass is 560 g/mol. The van der Waals surface area contributed by atoms with Gasteiger partial charge in [-0.2, -0.15) is 0 Å². The number of rotatable bonds is 2. The van der Waals surface area contributed by atoms with E-state index in [4.69, 9.17) is 9.15 Å². The molecule has 9 aromatic rings. The van der Waals surface area contributed by atoms with Gasteiger partial charge in [0.2, 0.25) is 0 Å².